The number of hydrogen-bond donors (Lipinski definition) is 2. The van der Waals surface area contributed by atoms with E-state index in [4.69, 9.17) is 5.84 Å². The lowest BCUT2D eigenvalue weighted by atomic mass is 10.2. The lowest BCUT2D eigenvalue weighted by Gasteiger charge is -2.13. The van der Waals surface area contributed by atoms with Crippen LogP contribution >= 0.6 is 11.8 Å². The second kappa shape index (κ2) is 6.87. The summed E-state index contributed by atoms with van der Waals surface area (Å²) in [5.74, 6) is 7.75. The second-order valence-electron chi connectivity index (χ2n) is 3.62. The molecule has 86 valence electrons. The molecule has 15 heavy (non-hydrogen) atoms. The topological polar surface area (TPSA) is 55.9 Å². The number of nitrogens with one attached hydrogen (secondary N) is 1. The van der Waals surface area contributed by atoms with E-state index < -0.39 is 0 Å². The van der Waals surface area contributed by atoms with Crippen LogP contribution in [0.2, 0.25) is 0 Å². The van der Waals surface area contributed by atoms with Gasteiger partial charge in [-0.15, -0.1) is 0 Å². The monoisotopic (exact) mass is 228 g/mol. The van der Waals surface area contributed by atoms with Gasteiger partial charge in [0.25, 0.3) is 0 Å². The Hall–Kier alpha value is -0.520. The summed E-state index contributed by atoms with van der Waals surface area (Å²) in [5, 5.41) is 4.34. The molecule has 3 N–H and O–H groups in total. The highest BCUT2D eigenvalue weighted by atomic mass is 32.2. The van der Waals surface area contributed by atoms with Crippen LogP contribution in [-0.4, -0.2) is 27.3 Å². The Bertz CT molecular complexity index is 274. The Morgan fingerprint density at radius 2 is 2.47 bits per heavy atom. The maximum absolute atomic E-state index is 5.51. The van der Waals surface area contributed by atoms with Crippen molar-refractivity contribution < 1.29 is 0 Å². The molecular weight excluding hydrogens is 208 g/mol. The van der Waals surface area contributed by atoms with E-state index in [1.54, 1.807) is 0 Å². The van der Waals surface area contributed by atoms with Gasteiger partial charge in [0.1, 0.15) is 0 Å². The van der Waals surface area contributed by atoms with Gasteiger partial charge in [-0.05, 0) is 18.2 Å². The molecule has 0 spiro atoms. The first-order valence-electron chi connectivity index (χ1n) is 5.28. The highest BCUT2D eigenvalue weighted by molar-refractivity contribution is 7.99. The van der Waals surface area contributed by atoms with E-state index in [1.807, 2.05) is 35.8 Å². The van der Waals surface area contributed by atoms with Gasteiger partial charge in [-0.3, -0.25) is 16.0 Å². The number of aryl methyl sites for hydroxylation is 1. The van der Waals surface area contributed by atoms with Gasteiger partial charge < -0.3 is 0 Å². The van der Waals surface area contributed by atoms with E-state index in [9.17, 15) is 0 Å². The molecule has 1 unspecified atom stereocenters. The molecule has 5 heteroatoms. The van der Waals surface area contributed by atoms with Crippen LogP contribution in [-0.2, 0) is 13.5 Å². The molecule has 0 amide bonds. The summed E-state index contributed by atoms with van der Waals surface area (Å²) >= 11 is 1.93. The molecule has 1 aromatic rings. The number of hydrogen-bond acceptors (Lipinski definition) is 4. The minimum atomic E-state index is 0.316. The maximum Gasteiger partial charge on any atom is 0.0640 e. The Labute approximate surface area is 95.6 Å². The summed E-state index contributed by atoms with van der Waals surface area (Å²) in [6, 6.07) is 2.35. The van der Waals surface area contributed by atoms with Gasteiger partial charge >= 0.3 is 0 Å². The molecule has 4 nitrogen and oxygen atoms in total. The molecule has 1 rings (SSSR count). The average molecular weight is 228 g/mol. The van der Waals surface area contributed by atoms with E-state index in [1.165, 1.54) is 12.2 Å². The van der Waals surface area contributed by atoms with Crippen molar-refractivity contribution >= 4 is 11.8 Å². The van der Waals surface area contributed by atoms with Gasteiger partial charge in [-0.2, -0.15) is 16.9 Å². The zero-order valence-corrected chi connectivity index (χ0v) is 10.3. The van der Waals surface area contributed by atoms with E-state index >= 15 is 0 Å². The van der Waals surface area contributed by atoms with E-state index in [0.717, 1.165) is 17.9 Å². The highest BCUT2D eigenvalue weighted by Crippen LogP contribution is 2.08. The molecule has 0 bridgehead atoms. The van der Waals surface area contributed by atoms with Crippen LogP contribution in [0.1, 0.15) is 19.0 Å². The molecule has 0 saturated heterocycles. The van der Waals surface area contributed by atoms with Crippen molar-refractivity contribution in [2.45, 2.75) is 25.8 Å². The van der Waals surface area contributed by atoms with Crippen molar-refractivity contribution in [3.8, 4) is 0 Å². The van der Waals surface area contributed by atoms with Crippen LogP contribution in [0.25, 0.3) is 0 Å². The van der Waals surface area contributed by atoms with Crippen molar-refractivity contribution in [1.29, 1.82) is 0 Å². The van der Waals surface area contributed by atoms with Gasteiger partial charge in [0.05, 0.1) is 5.69 Å². The summed E-state index contributed by atoms with van der Waals surface area (Å²) in [7, 11) is 1.93. The van der Waals surface area contributed by atoms with E-state index in [2.05, 4.69) is 17.4 Å². The van der Waals surface area contributed by atoms with Crippen molar-refractivity contribution in [3.05, 3.63) is 18.0 Å². The molecule has 0 aliphatic carbocycles. The highest BCUT2D eigenvalue weighted by Gasteiger charge is 2.09. The molecule has 1 aromatic heterocycles. The van der Waals surface area contributed by atoms with Crippen LogP contribution < -0.4 is 11.3 Å². The normalized spacial score (nSPS) is 13.0. The molecule has 1 heterocycles. The van der Waals surface area contributed by atoms with E-state index in [0.29, 0.717) is 6.04 Å². The van der Waals surface area contributed by atoms with Crippen LogP contribution in [0.5, 0.6) is 0 Å². The predicted molar refractivity (Wildman–Crippen MR) is 65.6 cm³/mol. The van der Waals surface area contributed by atoms with Crippen molar-refractivity contribution in [3.63, 3.8) is 0 Å². The summed E-state index contributed by atoms with van der Waals surface area (Å²) in [4.78, 5) is 0. The zero-order chi connectivity index (χ0) is 11.1. The minimum absolute atomic E-state index is 0.316. The molecule has 0 aliphatic heterocycles. The van der Waals surface area contributed by atoms with Crippen molar-refractivity contribution in [2.75, 3.05) is 11.5 Å². The van der Waals surface area contributed by atoms with Gasteiger partial charge in [0.15, 0.2) is 0 Å². The third-order valence-corrected chi connectivity index (χ3v) is 3.46. The number of nitrogens with two attached hydrogens (primary N) is 1. The smallest absolute Gasteiger partial charge is 0.0640 e. The second-order valence-corrected chi connectivity index (χ2v) is 4.77. The van der Waals surface area contributed by atoms with Gasteiger partial charge in [-0.1, -0.05) is 6.92 Å². The number of nitrogens with zero attached hydrogens (tertiary/aromatic N) is 2. The largest absolute Gasteiger partial charge is 0.276 e. The first kappa shape index (κ1) is 12.5. The molecular formula is C10H20N4S. The van der Waals surface area contributed by atoms with Gasteiger partial charge in [0, 0.05) is 31.5 Å². The quantitative estimate of drug-likeness (QED) is 0.414. The lowest BCUT2D eigenvalue weighted by Crippen LogP contribution is -2.38. The van der Waals surface area contributed by atoms with Crippen LogP contribution in [0, 0.1) is 0 Å². The average Bonchev–Trinajstić information content (AvgIpc) is 2.63. The summed E-state index contributed by atoms with van der Waals surface area (Å²) in [6.07, 6.45) is 4.07. The van der Waals surface area contributed by atoms with Gasteiger partial charge in [0.2, 0.25) is 0 Å². The van der Waals surface area contributed by atoms with Crippen LogP contribution in [0.3, 0.4) is 0 Å². The first-order valence-corrected chi connectivity index (χ1v) is 6.44. The Balaban J connectivity index is 2.33. The zero-order valence-electron chi connectivity index (χ0n) is 9.44. The fraction of sp³-hybridized carbons (Fsp3) is 0.700. The molecule has 0 saturated carbocycles. The van der Waals surface area contributed by atoms with Crippen molar-refractivity contribution in [2.24, 2.45) is 12.9 Å². The predicted octanol–water partition coefficient (Wildman–Crippen LogP) is 0.938. The molecule has 0 aromatic carbocycles. The Morgan fingerprint density at radius 1 is 1.67 bits per heavy atom. The SMILES string of the molecule is CCCSCC(Cc1ccn(C)n1)NN. The number of thioether (sulfide) groups is 1. The summed E-state index contributed by atoms with van der Waals surface area (Å²) < 4.78 is 1.82. The molecule has 0 aliphatic rings. The number of aromatic nitrogens is 2. The van der Waals surface area contributed by atoms with Crippen molar-refractivity contribution in [1.82, 2.24) is 15.2 Å². The molecule has 1 atom stereocenters. The number of rotatable bonds is 7. The lowest BCUT2D eigenvalue weighted by molar-refractivity contribution is 0.563. The standard InChI is InChI=1S/C10H20N4S/c1-3-6-15-8-10(12-11)7-9-4-5-14(2)13-9/h4-5,10,12H,3,6-8,11H2,1-2H3. The third-order valence-electron chi connectivity index (χ3n) is 2.13. The Morgan fingerprint density at radius 3 is 3.00 bits per heavy atom. The van der Waals surface area contributed by atoms with Crippen LogP contribution in [0.4, 0.5) is 0 Å². The minimum Gasteiger partial charge on any atom is -0.276 e. The first-order chi connectivity index (χ1) is 7.26. The Kier molecular flexibility index (Phi) is 5.75. The molecule has 0 fully saturated rings. The number of hydrazine groups is 1. The fourth-order valence-electron chi connectivity index (χ4n) is 1.36. The van der Waals surface area contributed by atoms with Crippen LogP contribution in [0.15, 0.2) is 12.3 Å². The van der Waals surface area contributed by atoms with E-state index in [-0.39, 0.29) is 0 Å². The third kappa shape index (κ3) is 4.68. The maximum atomic E-state index is 5.51. The summed E-state index contributed by atoms with van der Waals surface area (Å²) in [5.41, 5.74) is 3.94. The van der Waals surface area contributed by atoms with Gasteiger partial charge in [-0.25, -0.2) is 0 Å². The molecule has 0 radical (unpaired) electrons. The summed E-state index contributed by atoms with van der Waals surface area (Å²) in [6.45, 7) is 2.19. The fourth-order valence-corrected chi connectivity index (χ4v) is 2.31.